The molecule has 1 aliphatic heterocycles. The SMILES string of the molecule is O=C(/C=C/c1cccc(C(F)(F)F)c1)NC1CCS(=O)(=O)C1. The van der Waals surface area contributed by atoms with Crippen LogP contribution in [0, 0.1) is 0 Å². The molecule has 1 amide bonds. The first kappa shape index (κ1) is 16.5. The second kappa shape index (κ2) is 6.12. The van der Waals surface area contributed by atoms with Crippen molar-refractivity contribution in [2.45, 2.75) is 18.6 Å². The zero-order valence-corrected chi connectivity index (χ0v) is 12.2. The number of halogens is 3. The summed E-state index contributed by atoms with van der Waals surface area (Å²) in [5, 5.41) is 2.52. The molecule has 0 saturated carbocycles. The molecular weight excluding hydrogens is 319 g/mol. The molecule has 0 aliphatic carbocycles. The number of hydrogen-bond acceptors (Lipinski definition) is 3. The van der Waals surface area contributed by atoms with Gasteiger partial charge in [0.15, 0.2) is 9.84 Å². The second-order valence-corrected chi connectivity index (χ2v) is 7.29. The molecule has 0 spiro atoms. The van der Waals surface area contributed by atoms with E-state index >= 15 is 0 Å². The number of carbonyl (C=O) groups is 1. The predicted molar refractivity (Wildman–Crippen MR) is 75.7 cm³/mol. The molecule has 8 heteroatoms. The van der Waals surface area contributed by atoms with Crippen molar-refractivity contribution in [2.24, 2.45) is 0 Å². The van der Waals surface area contributed by atoms with E-state index in [2.05, 4.69) is 5.32 Å². The summed E-state index contributed by atoms with van der Waals surface area (Å²) >= 11 is 0. The van der Waals surface area contributed by atoms with Crippen molar-refractivity contribution in [1.29, 1.82) is 0 Å². The molecule has 22 heavy (non-hydrogen) atoms. The standard InChI is InChI=1S/C14H14F3NO3S/c15-14(16,17)11-3-1-2-10(8-11)4-5-13(19)18-12-6-7-22(20,21)9-12/h1-5,8,12H,6-7,9H2,(H,18,19)/b5-4+. The van der Waals surface area contributed by atoms with Crippen LogP contribution < -0.4 is 5.32 Å². The molecule has 1 aromatic rings. The molecular formula is C14H14F3NO3S. The van der Waals surface area contributed by atoms with E-state index in [1.54, 1.807) is 0 Å². The Morgan fingerprint density at radius 1 is 1.32 bits per heavy atom. The van der Waals surface area contributed by atoms with Gasteiger partial charge in [0.25, 0.3) is 0 Å². The van der Waals surface area contributed by atoms with Gasteiger partial charge in [0.1, 0.15) is 0 Å². The number of rotatable bonds is 3. The highest BCUT2D eigenvalue weighted by molar-refractivity contribution is 7.91. The molecule has 4 nitrogen and oxygen atoms in total. The van der Waals surface area contributed by atoms with Crippen LogP contribution in [0.5, 0.6) is 0 Å². The molecule has 2 rings (SSSR count). The van der Waals surface area contributed by atoms with E-state index in [1.165, 1.54) is 18.2 Å². The summed E-state index contributed by atoms with van der Waals surface area (Å²) in [6, 6.07) is 4.14. The molecule has 1 heterocycles. The molecule has 0 bridgehead atoms. The predicted octanol–water partition coefficient (Wildman–Crippen LogP) is 2.02. The van der Waals surface area contributed by atoms with Gasteiger partial charge in [0.05, 0.1) is 17.1 Å². The Morgan fingerprint density at radius 3 is 2.64 bits per heavy atom. The van der Waals surface area contributed by atoms with E-state index in [1.807, 2.05) is 0 Å². The average molecular weight is 333 g/mol. The van der Waals surface area contributed by atoms with Gasteiger partial charge >= 0.3 is 6.18 Å². The fourth-order valence-electron chi connectivity index (χ4n) is 2.15. The minimum atomic E-state index is -4.44. The summed E-state index contributed by atoms with van der Waals surface area (Å²) in [6.07, 6.45) is -1.73. The minimum Gasteiger partial charge on any atom is -0.349 e. The molecule has 120 valence electrons. The van der Waals surface area contributed by atoms with E-state index in [0.29, 0.717) is 6.42 Å². The summed E-state index contributed by atoms with van der Waals surface area (Å²) in [4.78, 5) is 11.7. The van der Waals surface area contributed by atoms with Crippen LogP contribution >= 0.6 is 0 Å². The van der Waals surface area contributed by atoms with Crippen molar-refractivity contribution in [3.63, 3.8) is 0 Å². The van der Waals surface area contributed by atoms with Gasteiger partial charge in [-0.2, -0.15) is 13.2 Å². The monoisotopic (exact) mass is 333 g/mol. The second-order valence-electron chi connectivity index (χ2n) is 5.07. The Labute approximate surface area is 125 Å². The lowest BCUT2D eigenvalue weighted by molar-refractivity contribution is -0.137. The summed E-state index contributed by atoms with van der Waals surface area (Å²) in [5.41, 5.74) is -0.555. The third kappa shape index (κ3) is 4.59. The molecule has 1 unspecified atom stereocenters. The van der Waals surface area contributed by atoms with Crippen LogP contribution in [0.15, 0.2) is 30.3 Å². The maximum Gasteiger partial charge on any atom is 0.416 e. The minimum absolute atomic E-state index is 0.0370. The fraction of sp³-hybridized carbons (Fsp3) is 0.357. The normalized spacial score (nSPS) is 21.1. The molecule has 1 atom stereocenters. The average Bonchev–Trinajstić information content (AvgIpc) is 2.75. The smallest absolute Gasteiger partial charge is 0.349 e. The number of hydrogen-bond donors (Lipinski definition) is 1. The van der Waals surface area contributed by atoms with Crippen LogP contribution in [-0.4, -0.2) is 31.9 Å². The maximum atomic E-state index is 12.5. The summed E-state index contributed by atoms with van der Waals surface area (Å²) < 4.78 is 60.2. The maximum absolute atomic E-state index is 12.5. The van der Waals surface area contributed by atoms with Gasteiger partial charge in [0.2, 0.25) is 5.91 Å². The van der Waals surface area contributed by atoms with Crippen molar-refractivity contribution in [3.8, 4) is 0 Å². The third-order valence-electron chi connectivity index (χ3n) is 3.22. The first-order chi connectivity index (χ1) is 10.2. The molecule has 0 radical (unpaired) electrons. The lowest BCUT2D eigenvalue weighted by Crippen LogP contribution is -2.34. The Morgan fingerprint density at radius 2 is 2.05 bits per heavy atom. The first-order valence-corrected chi connectivity index (χ1v) is 8.34. The molecule has 0 aromatic heterocycles. The molecule has 1 aromatic carbocycles. The topological polar surface area (TPSA) is 63.2 Å². The van der Waals surface area contributed by atoms with Gasteiger partial charge in [-0.1, -0.05) is 12.1 Å². The number of sulfone groups is 1. The Kier molecular flexibility index (Phi) is 4.60. The first-order valence-electron chi connectivity index (χ1n) is 6.52. The Balaban J connectivity index is 1.98. The van der Waals surface area contributed by atoms with Gasteiger partial charge in [0, 0.05) is 12.1 Å². The zero-order chi connectivity index (χ0) is 16.4. The van der Waals surface area contributed by atoms with Gasteiger partial charge in [-0.05, 0) is 30.2 Å². The van der Waals surface area contributed by atoms with Gasteiger partial charge < -0.3 is 5.32 Å². The largest absolute Gasteiger partial charge is 0.416 e. The van der Waals surface area contributed by atoms with E-state index in [0.717, 1.165) is 18.2 Å². The quantitative estimate of drug-likeness (QED) is 0.861. The molecule has 1 fully saturated rings. The van der Waals surface area contributed by atoms with Crippen molar-refractivity contribution in [1.82, 2.24) is 5.32 Å². The van der Waals surface area contributed by atoms with Gasteiger partial charge in [-0.3, -0.25) is 4.79 Å². The number of amides is 1. The van der Waals surface area contributed by atoms with E-state index in [4.69, 9.17) is 0 Å². The summed E-state index contributed by atoms with van der Waals surface area (Å²) in [7, 11) is -3.09. The number of carbonyl (C=O) groups excluding carboxylic acids is 1. The van der Waals surface area contributed by atoms with Crippen LogP contribution in [0.4, 0.5) is 13.2 Å². The highest BCUT2D eigenvalue weighted by Gasteiger charge is 2.30. The van der Waals surface area contributed by atoms with Crippen molar-refractivity contribution in [2.75, 3.05) is 11.5 Å². The summed E-state index contributed by atoms with van der Waals surface area (Å²) in [5.74, 6) is -0.592. The van der Waals surface area contributed by atoms with Crippen LogP contribution in [0.25, 0.3) is 6.08 Å². The van der Waals surface area contributed by atoms with E-state index < -0.39 is 33.5 Å². The Hall–Kier alpha value is -1.83. The Bertz CT molecular complexity index is 696. The fourth-order valence-corrected chi connectivity index (χ4v) is 3.82. The third-order valence-corrected chi connectivity index (χ3v) is 4.99. The van der Waals surface area contributed by atoms with Gasteiger partial charge in [-0.25, -0.2) is 8.42 Å². The number of benzene rings is 1. The number of nitrogens with one attached hydrogen (secondary N) is 1. The molecule has 1 saturated heterocycles. The molecule has 1 aliphatic rings. The van der Waals surface area contributed by atoms with Crippen LogP contribution in [-0.2, 0) is 20.8 Å². The summed E-state index contributed by atoms with van der Waals surface area (Å²) in [6.45, 7) is 0. The highest BCUT2D eigenvalue weighted by Crippen LogP contribution is 2.29. The lowest BCUT2D eigenvalue weighted by atomic mass is 10.1. The van der Waals surface area contributed by atoms with Crippen LogP contribution in [0.3, 0.4) is 0 Å². The lowest BCUT2D eigenvalue weighted by Gasteiger charge is -2.08. The van der Waals surface area contributed by atoms with Gasteiger partial charge in [-0.15, -0.1) is 0 Å². The van der Waals surface area contributed by atoms with E-state index in [-0.39, 0.29) is 17.1 Å². The van der Waals surface area contributed by atoms with Crippen LogP contribution in [0.2, 0.25) is 0 Å². The van der Waals surface area contributed by atoms with E-state index in [9.17, 15) is 26.4 Å². The highest BCUT2D eigenvalue weighted by atomic mass is 32.2. The molecule has 1 N–H and O–H groups in total. The van der Waals surface area contributed by atoms with Crippen molar-refractivity contribution >= 4 is 21.8 Å². The number of alkyl halides is 3. The zero-order valence-electron chi connectivity index (χ0n) is 11.4. The van der Waals surface area contributed by atoms with Crippen molar-refractivity contribution in [3.05, 3.63) is 41.5 Å². The van der Waals surface area contributed by atoms with Crippen molar-refractivity contribution < 1.29 is 26.4 Å². The van der Waals surface area contributed by atoms with Crippen LogP contribution in [0.1, 0.15) is 17.5 Å².